The van der Waals surface area contributed by atoms with Crippen molar-refractivity contribution in [3.8, 4) is 0 Å². The van der Waals surface area contributed by atoms with Crippen LogP contribution in [0, 0.1) is 13.8 Å². The van der Waals surface area contributed by atoms with Crippen LogP contribution in [0.3, 0.4) is 0 Å². The number of hydrogen-bond donors (Lipinski definition) is 2. The van der Waals surface area contributed by atoms with E-state index in [4.69, 9.17) is 0 Å². The third-order valence-electron chi connectivity index (χ3n) is 2.38. The van der Waals surface area contributed by atoms with Crippen LogP contribution in [0.4, 0.5) is 0 Å². The summed E-state index contributed by atoms with van der Waals surface area (Å²) in [6.45, 7) is 10.2. The van der Waals surface area contributed by atoms with E-state index in [-0.39, 0.29) is 0 Å². The molecule has 1 heterocycles. The molecule has 0 spiro atoms. The van der Waals surface area contributed by atoms with Crippen LogP contribution >= 0.6 is 0 Å². The minimum Gasteiger partial charge on any atom is -0.316 e. The molecule has 0 amide bonds. The van der Waals surface area contributed by atoms with E-state index in [0.29, 0.717) is 0 Å². The molecule has 1 rings (SSSR count). The quantitative estimate of drug-likeness (QED) is 0.692. The second-order valence-electron chi connectivity index (χ2n) is 3.73. The van der Waals surface area contributed by atoms with Crippen LogP contribution in [0.2, 0.25) is 0 Å². The van der Waals surface area contributed by atoms with Crippen molar-refractivity contribution in [1.29, 1.82) is 0 Å². The lowest BCUT2D eigenvalue weighted by molar-refractivity contribution is 0.622. The molecular formula is C12H21N3. The van der Waals surface area contributed by atoms with Gasteiger partial charge in [-0.15, -0.1) is 0 Å². The van der Waals surface area contributed by atoms with Crippen LogP contribution < -0.4 is 10.6 Å². The van der Waals surface area contributed by atoms with Crippen molar-refractivity contribution in [2.75, 3.05) is 19.6 Å². The Morgan fingerprint density at radius 2 is 1.87 bits per heavy atom. The molecule has 1 aromatic rings. The largest absolute Gasteiger partial charge is 0.316 e. The maximum Gasteiger partial charge on any atom is 0.0420 e. The van der Waals surface area contributed by atoms with E-state index in [1.165, 1.54) is 5.56 Å². The zero-order valence-electron chi connectivity index (χ0n) is 9.93. The zero-order valence-corrected chi connectivity index (χ0v) is 9.93. The molecule has 3 nitrogen and oxygen atoms in total. The Balaban J connectivity index is 2.31. The van der Waals surface area contributed by atoms with E-state index in [0.717, 1.165) is 37.6 Å². The predicted octanol–water partition coefficient (Wildman–Crippen LogP) is 1.40. The highest BCUT2D eigenvalue weighted by molar-refractivity contribution is 5.21. The van der Waals surface area contributed by atoms with Gasteiger partial charge in [0.15, 0.2) is 0 Å². The highest BCUT2D eigenvalue weighted by Gasteiger charge is 1.98. The van der Waals surface area contributed by atoms with Crippen LogP contribution in [-0.4, -0.2) is 24.6 Å². The number of hydrogen-bond acceptors (Lipinski definition) is 3. The average molecular weight is 207 g/mol. The van der Waals surface area contributed by atoms with Crippen molar-refractivity contribution in [1.82, 2.24) is 15.6 Å². The van der Waals surface area contributed by atoms with Crippen LogP contribution in [0.15, 0.2) is 12.1 Å². The first kappa shape index (κ1) is 12.1. The Bertz CT molecular complexity index is 297. The van der Waals surface area contributed by atoms with Crippen molar-refractivity contribution in [3.63, 3.8) is 0 Å². The zero-order chi connectivity index (χ0) is 11.1. The van der Waals surface area contributed by atoms with Crippen LogP contribution in [0.5, 0.6) is 0 Å². The van der Waals surface area contributed by atoms with E-state index in [2.05, 4.69) is 41.6 Å². The van der Waals surface area contributed by atoms with Gasteiger partial charge in [0.1, 0.15) is 0 Å². The van der Waals surface area contributed by atoms with Crippen molar-refractivity contribution in [2.45, 2.75) is 27.3 Å². The number of aryl methyl sites for hydroxylation is 2. The smallest absolute Gasteiger partial charge is 0.0420 e. The molecule has 0 aliphatic rings. The lowest BCUT2D eigenvalue weighted by Gasteiger charge is -2.08. The third-order valence-corrected chi connectivity index (χ3v) is 2.38. The van der Waals surface area contributed by atoms with Gasteiger partial charge in [0.2, 0.25) is 0 Å². The molecule has 0 aliphatic heterocycles. The van der Waals surface area contributed by atoms with Gasteiger partial charge in [-0.2, -0.15) is 0 Å². The fraction of sp³-hybridized carbons (Fsp3) is 0.583. The maximum atomic E-state index is 4.43. The Kier molecular flexibility index (Phi) is 5.29. The Morgan fingerprint density at radius 3 is 2.53 bits per heavy atom. The molecule has 15 heavy (non-hydrogen) atoms. The number of nitrogens with one attached hydrogen (secondary N) is 2. The summed E-state index contributed by atoms with van der Waals surface area (Å²) >= 11 is 0. The van der Waals surface area contributed by atoms with Gasteiger partial charge in [-0.05, 0) is 32.0 Å². The summed E-state index contributed by atoms with van der Waals surface area (Å²) < 4.78 is 0. The van der Waals surface area contributed by atoms with E-state index in [1.807, 2.05) is 6.92 Å². The van der Waals surface area contributed by atoms with Crippen molar-refractivity contribution < 1.29 is 0 Å². The van der Waals surface area contributed by atoms with Crippen molar-refractivity contribution in [2.24, 2.45) is 0 Å². The number of pyridine rings is 1. The number of likely N-dealkylation sites (N-methyl/N-ethyl adjacent to an activating group) is 1. The minimum atomic E-state index is 0.907. The number of rotatable bonds is 6. The molecule has 0 fully saturated rings. The summed E-state index contributed by atoms with van der Waals surface area (Å²) in [5, 5.41) is 6.67. The van der Waals surface area contributed by atoms with Gasteiger partial charge in [0, 0.05) is 31.0 Å². The van der Waals surface area contributed by atoms with Crippen LogP contribution in [0.25, 0.3) is 0 Å². The summed E-state index contributed by atoms with van der Waals surface area (Å²) in [4.78, 5) is 4.43. The van der Waals surface area contributed by atoms with E-state index in [1.54, 1.807) is 0 Å². The molecule has 0 saturated carbocycles. The summed E-state index contributed by atoms with van der Waals surface area (Å²) in [5.41, 5.74) is 3.51. The number of nitrogens with zero attached hydrogens (tertiary/aromatic N) is 1. The minimum absolute atomic E-state index is 0.907. The first-order valence-corrected chi connectivity index (χ1v) is 5.58. The van der Waals surface area contributed by atoms with Gasteiger partial charge in [-0.25, -0.2) is 0 Å². The number of aromatic nitrogens is 1. The fourth-order valence-corrected chi connectivity index (χ4v) is 1.48. The van der Waals surface area contributed by atoms with Crippen molar-refractivity contribution in [3.05, 3.63) is 29.1 Å². The Labute approximate surface area is 92.3 Å². The summed E-state index contributed by atoms with van der Waals surface area (Å²) in [6.07, 6.45) is 0. The van der Waals surface area contributed by atoms with E-state index >= 15 is 0 Å². The van der Waals surface area contributed by atoms with Gasteiger partial charge in [0.25, 0.3) is 0 Å². The fourth-order valence-electron chi connectivity index (χ4n) is 1.48. The molecule has 0 atom stereocenters. The summed E-state index contributed by atoms with van der Waals surface area (Å²) in [5.74, 6) is 0. The van der Waals surface area contributed by atoms with E-state index in [9.17, 15) is 0 Å². The molecule has 0 aliphatic carbocycles. The molecule has 0 aromatic carbocycles. The molecule has 3 heteroatoms. The molecule has 0 saturated heterocycles. The predicted molar refractivity (Wildman–Crippen MR) is 64.0 cm³/mol. The van der Waals surface area contributed by atoms with Crippen molar-refractivity contribution >= 4 is 0 Å². The third kappa shape index (κ3) is 4.40. The maximum absolute atomic E-state index is 4.43. The van der Waals surface area contributed by atoms with Gasteiger partial charge in [-0.3, -0.25) is 4.98 Å². The SMILES string of the molecule is CCNCCNCc1ccc(C)nc1C. The van der Waals surface area contributed by atoms with Crippen LogP contribution in [0.1, 0.15) is 23.9 Å². The first-order valence-electron chi connectivity index (χ1n) is 5.58. The molecule has 0 bridgehead atoms. The summed E-state index contributed by atoms with van der Waals surface area (Å²) in [7, 11) is 0. The average Bonchev–Trinajstić information content (AvgIpc) is 2.20. The second kappa shape index (κ2) is 6.53. The topological polar surface area (TPSA) is 37.0 Å². The Morgan fingerprint density at radius 1 is 1.13 bits per heavy atom. The standard InChI is InChI=1S/C12H21N3/c1-4-13-7-8-14-9-12-6-5-10(2)15-11(12)3/h5-6,13-14H,4,7-9H2,1-3H3. The molecular weight excluding hydrogens is 186 g/mol. The molecule has 0 radical (unpaired) electrons. The van der Waals surface area contributed by atoms with Gasteiger partial charge in [-0.1, -0.05) is 13.0 Å². The molecule has 2 N–H and O–H groups in total. The highest BCUT2D eigenvalue weighted by atomic mass is 14.9. The lowest BCUT2D eigenvalue weighted by atomic mass is 10.2. The second-order valence-corrected chi connectivity index (χ2v) is 3.73. The van der Waals surface area contributed by atoms with Gasteiger partial charge in [0.05, 0.1) is 0 Å². The lowest BCUT2D eigenvalue weighted by Crippen LogP contribution is -2.27. The normalized spacial score (nSPS) is 10.6. The molecule has 1 aromatic heterocycles. The summed E-state index contributed by atoms with van der Waals surface area (Å²) in [6, 6.07) is 4.21. The van der Waals surface area contributed by atoms with E-state index < -0.39 is 0 Å². The Hall–Kier alpha value is -0.930. The highest BCUT2D eigenvalue weighted by Crippen LogP contribution is 2.05. The van der Waals surface area contributed by atoms with Gasteiger partial charge >= 0.3 is 0 Å². The molecule has 0 unspecified atom stereocenters. The first-order chi connectivity index (χ1) is 7.24. The van der Waals surface area contributed by atoms with Gasteiger partial charge < -0.3 is 10.6 Å². The molecule has 84 valence electrons. The monoisotopic (exact) mass is 207 g/mol. The van der Waals surface area contributed by atoms with Crippen LogP contribution in [-0.2, 0) is 6.54 Å².